The van der Waals surface area contributed by atoms with E-state index < -0.39 is 11.4 Å². The van der Waals surface area contributed by atoms with Gasteiger partial charge in [0.15, 0.2) is 5.69 Å². The molecule has 19 heavy (non-hydrogen) atoms. The average Bonchev–Trinajstić information content (AvgIpc) is 3.00. The molecule has 0 radical (unpaired) electrons. The predicted octanol–water partition coefficient (Wildman–Crippen LogP) is 1.31. The number of likely N-dealkylation sites (tertiary alicyclic amines) is 1. The van der Waals surface area contributed by atoms with Gasteiger partial charge in [0.25, 0.3) is 5.91 Å². The van der Waals surface area contributed by atoms with Gasteiger partial charge in [-0.3, -0.25) is 9.59 Å². The van der Waals surface area contributed by atoms with Crippen molar-refractivity contribution in [1.82, 2.24) is 10.1 Å². The van der Waals surface area contributed by atoms with Crippen molar-refractivity contribution in [3.63, 3.8) is 0 Å². The highest BCUT2D eigenvalue weighted by molar-refractivity contribution is 5.93. The van der Waals surface area contributed by atoms with Gasteiger partial charge in [-0.15, -0.1) is 0 Å². The van der Waals surface area contributed by atoms with Crippen molar-refractivity contribution in [2.24, 2.45) is 11.3 Å². The molecule has 2 aliphatic rings. The molecule has 1 saturated carbocycles. The van der Waals surface area contributed by atoms with Crippen LogP contribution in [-0.2, 0) is 4.79 Å². The van der Waals surface area contributed by atoms with Crippen LogP contribution >= 0.6 is 0 Å². The number of carboxylic acid groups (broad SMARTS) is 1. The lowest BCUT2D eigenvalue weighted by molar-refractivity contribution is -0.149. The molecule has 2 fully saturated rings. The Morgan fingerprint density at radius 2 is 2.37 bits per heavy atom. The molecule has 1 aliphatic heterocycles. The molecule has 1 aliphatic carbocycles. The van der Waals surface area contributed by atoms with Gasteiger partial charge in [0, 0.05) is 19.2 Å². The van der Waals surface area contributed by atoms with E-state index in [9.17, 15) is 14.7 Å². The number of carboxylic acids is 1. The van der Waals surface area contributed by atoms with Gasteiger partial charge in [-0.1, -0.05) is 11.6 Å². The lowest BCUT2D eigenvalue weighted by Gasteiger charge is -2.22. The Morgan fingerprint density at radius 1 is 1.58 bits per heavy atom. The smallest absolute Gasteiger partial charge is 0.311 e. The molecular formula is C13H16N2O4. The van der Waals surface area contributed by atoms with Gasteiger partial charge in [0.2, 0.25) is 0 Å². The second-order valence-electron chi connectivity index (χ2n) is 5.56. The number of nitrogens with zero attached hydrogens (tertiary/aromatic N) is 2. The van der Waals surface area contributed by atoms with Crippen LogP contribution in [0.4, 0.5) is 0 Å². The van der Waals surface area contributed by atoms with Gasteiger partial charge >= 0.3 is 5.97 Å². The molecule has 1 aromatic heterocycles. The Hall–Kier alpha value is -1.85. The summed E-state index contributed by atoms with van der Waals surface area (Å²) in [6, 6.07) is 1.59. The third-order valence-corrected chi connectivity index (χ3v) is 4.43. The van der Waals surface area contributed by atoms with E-state index in [0.717, 1.165) is 12.8 Å². The van der Waals surface area contributed by atoms with Crippen LogP contribution in [-0.4, -0.2) is 40.1 Å². The number of aliphatic carboxylic acids is 1. The lowest BCUT2D eigenvalue weighted by Crippen LogP contribution is -2.37. The minimum atomic E-state index is -0.776. The standard InChI is InChI=1S/C13H16N2O4/c1-8-5-10(14-19-8)11(16)15-6-9-3-2-4-13(9,7-15)12(17)18/h5,9H,2-4,6-7H2,1H3,(H,17,18)/t9-,13+/m0/s1. The molecule has 1 saturated heterocycles. The van der Waals surface area contributed by atoms with Crippen LogP contribution in [0.1, 0.15) is 35.5 Å². The zero-order valence-corrected chi connectivity index (χ0v) is 10.8. The first-order valence-corrected chi connectivity index (χ1v) is 6.49. The highest BCUT2D eigenvalue weighted by atomic mass is 16.5. The van der Waals surface area contributed by atoms with Crippen LogP contribution < -0.4 is 0 Å². The maximum atomic E-state index is 12.3. The maximum absolute atomic E-state index is 12.3. The van der Waals surface area contributed by atoms with Gasteiger partial charge in [-0.25, -0.2) is 0 Å². The molecule has 0 spiro atoms. The summed E-state index contributed by atoms with van der Waals surface area (Å²) in [6.45, 7) is 2.52. The van der Waals surface area contributed by atoms with E-state index in [0.29, 0.717) is 18.7 Å². The first-order valence-electron chi connectivity index (χ1n) is 6.49. The molecule has 3 rings (SSSR count). The Bertz CT molecular complexity index is 539. The third-order valence-electron chi connectivity index (χ3n) is 4.43. The van der Waals surface area contributed by atoms with Crippen molar-refractivity contribution in [2.75, 3.05) is 13.1 Å². The van der Waals surface area contributed by atoms with Crippen LogP contribution in [0.5, 0.6) is 0 Å². The molecule has 6 heteroatoms. The number of hydrogen-bond acceptors (Lipinski definition) is 4. The van der Waals surface area contributed by atoms with Crippen molar-refractivity contribution >= 4 is 11.9 Å². The number of carbonyl (C=O) groups is 2. The molecule has 0 unspecified atom stereocenters. The number of rotatable bonds is 2. The van der Waals surface area contributed by atoms with E-state index in [1.807, 2.05) is 0 Å². The summed E-state index contributed by atoms with van der Waals surface area (Å²) in [6.07, 6.45) is 2.48. The normalized spacial score (nSPS) is 29.5. The first-order chi connectivity index (χ1) is 9.03. The highest BCUT2D eigenvalue weighted by Crippen LogP contribution is 2.49. The topological polar surface area (TPSA) is 83.6 Å². The van der Waals surface area contributed by atoms with Crippen molar-refractivity contribution in [3.05, 3.63) is 17.5 Å². The molecule has 102 valence electrons. The zero-order chi connectivity index (χ0) is 13.6. The summed E-state index contributed by atoms with van der Waals surface area (Å²) in [5.74, 6) is -0.355. The minimum Gasteiger partial charge on any atom is -0.481 e. The lowest BCUT2D eigenvalue weighted by atomic mass is 9.81. The van der Waals surface area contributed by atoms with E-state index in [4.69, 9.17) is 4.52 Å². The van der Waals surface area contributed by atoms with Gasteiger partial charge in [0.05, 0.1) is 5.41 Å². The largest absolute Gasteiger partial charge is 0.481 e. The predicted molar refractivity (Wildman–Crippen MR) is 64.6 cm³/mol. The number of amides is 1. The molecule has 2 atom stereocenters. The number of aryl methyl sites for hydroxylation is 1. The van der Waals surface area contributed by atoms with Crippen molar-refractivity contribution in [3.8, 4) is 0 Å². The fourth-order valence-electron chi connectivity index (χ4n) is 3.42. The Balaban J connectivity index is 1.82. The second kappa shape index (κ2) is 4.08. The zero-order valence-electron chi connectivity index (χ0n) is 10.8. The molecule has 1 amide bonds. The number of fused-ring (bicyclic) bond motifs is 1. The van der Waals surface area contributed by atoms with E-state index in [2.05, 4.69) is 5.16 Å². The average molecular weight is 264 g/mol. The van der Waals surface area contributed by atoms with Crippen molar-refractivity contribution in [1.29, 1.82) is 0 Å². The SMILES string of the molecule is Cc1cc(C(=O)N2C[C@@H]3CCC[C@@]3(C(=O)O)C2)no1. The van der Waals surface area contributed by atoms with E-state index >= 15 is 0 Å². The van der Waals surface area contributed by atoms with Crippen LogP contribution in [0, 0.1) is 18.3 Å². The highest BCUT2D eigenvalue weighted by Gasteiger charge is 2.56. The fraction of sp³-hybridized carbons (Fsp3) is 0.615. The molecule has 1 N–H and O–H groups in total. The van der Waals surface area contributed by atoms with Gasteiger partial charge in [-0.05, 0) is 25.7 Å². The van der Waals surface area contributed by atoms with Crippen LogP contribution in [0.15, 0.2) is 10.6 Å². The Kier molecular flexibility index (Phi) is 2.62. The van der Waals surface area contributed by atoms with Crippen LogP contribution in [0.25, 0.3) is 0 Å². The molecule has 0 bridgehead atoms. The van der Waals surface area contributed by atoms with Gasteiger partial charge < -0.3 is 14.5 Å². The first kappa shape index (κ1) is 12.2. The molecule has 0 aromatic carbocycles. The van der Waals surface area contributed by atoms with Crippen LogP contribution in [0.3, 0.4) is 0 Å². The molecule has 2 heterocycles. The van der Waals surface area contributed by atoms with E-state index in [-0.39, 0.29) is 24.1 Å². The number of hydrogen-bond donors (Lipinski definition) is 1. The summed E-state index contributed by atoms with van der Waals surface area (Å²) in [5.41, 5.74) is -0.480. The number of carbonyl (C=O) groups excluding carboxylic acids is 1. The Labute approximate surface area is 110 Å². The second-order valence-corrected chi connectivity index (χ2v) is 5.56. The van der Waals surface area contributed by atoms with E-state index in [1.165, 1.54) is 0 Å². The summed E-state index contributed by atoms with van der Waals surface area (Å²) in [5, 5.41) is 13.2. The van der Waals surface area contributed by atoms with Crippen molar-refractivity contribution in [2.45, 2.75) is 26.2 Å². The van der Waals surface area contributed by atoms with Crippen LogP contribution in [0.2, 0.25) is 0 Å². The monoisotopic (exact) mass is 264 g/mol. The third kappa shape index (κ3) is 1.74. The molecular weight excluding hydrogens is 248 g/mol. The van der Waals surface area contributed by atoms with E-state index in [1.54, 1.807) is 17.9 Å². The summed E-state index contributed by atoms with van der Waals surface area (Å²) in [4.78, 5) is 25.4. The summed E-state index contributed by atoms with van der Waals surface area (Å²) in [7, 11) is 0. The van der Waals surface area contributed by atoms with Gasteiger partial charge in [0.1, 0.15) is 5.76 Å². The molecule has 1 aromatic rings. The minimum absolute atomic E-state index is 0.0712. The Morgan fingerprint density at radius 3 is 2.95 bits per heavy atom. The van der Waals surface area contributed by atoms with Crippen molar-refractivity contribution < 1.29 is 19.2 Å². The number of aromatic nitrogens is 1. The fourth-order valence-corrected chi connectivity index (χ4v) is 3.42. The quantitative estimate of drug-likeness (QED) is 0.870. The van der Waals surface area contributed by atoms with Gasteiger partial charge in [-0.2, -0.15) is 0 Å². The molecule has 6 nitrogen and oxygen atoms in total. The summed E-state index contributed by atoms with van der Waals surface area (Å²) >= 11 is 0. The summed E-state index contributed by atoms with van der Waals surface area (Å²) < 4.78 is 4.90. The maximum Gasteiger partial charge on any atom is 0.311 e.